The summed E-state index contributed by atoms with van der Waals surface area (Å²) >= 11 is 12.4. The lowest BCUT2D eigenvalue weighted by atomic mass is 10.1. The van der Waals surface area contributed by atoms with E-state index in [4.69, 9.17) is 23.2 Å². The van der Waals surface area contributed by atoms with Gasteiger partial charge in [-0.3, -0.25) is 0 Å². The minimum atomic E-state index is -0.405. The van der Waals surface area contributed by atoms with Crippen LogP contribution in [-0.2, 0) is 6.54 Å². The minimum Gasteiger partial charge on any atom is -0.385 e. The second-order valence-corrected chi connectivity index (χ2v) is 7.96. The summed E-state index contributed by atoms with van der Waals surface area (Å²) in [7, 11) is 0. The maximum Gasteiger partial charge on any atom is 0.121 e. The molecule has 3 aromatic rings. The summed E-state index contributed by atoms with van der Waals surface area (Å²) in [4.78, 5) is 0. The van der Waals surface area contributed by atoms with Crippen LogP contribution in [-0.4, -0.2) is 28.9 Å². The molecule has 1 heterocycles. The van der Waals surface area contributed by atoms with E-state index in [9.17, 15) is 5.11 Å². The van der Waals surface area contributed by atoms with Gasteiger partial charge in [-0.15, -0.1) is 0 Å². The average molecular weight is 380 g/mol. The van der Waals surface area contributed by atoms with Crippen molar-refractivity contribution in [1.82, 2.24) is 4.57 Å². The van der Waals surface area contributed by atoms with Crippen LogP contribution in [0, 0.1) is 5.92 Å². The first kappa shape index (κ1) is 18.5. The molecule has 0 amide bonds. The van der Waals surface area contributed by atoms with E-state index in [1.165, 1.54) is 6.42 Å². The zero-order valence-corrected chi connectivity index (χ0v) is 16.2. The van der Waals surface area contributed by atoms with Gasteiger partial charge in [-0.1, -0.05) is 37.0 Å². The predicted molar refractivity (Wildman–Crippen MR) is 107 cm³/mol. The van der Waals surface area contributed by atoms with Gasteiger partial charge in [0.15, 0.2) is 0 Å². The second-order valence-electron chi connectivity index (χ2n) is 7.08. The summed E-state index contributed by atoms with van der Waals surface area (Å²) in [5, 5.41) is 16.3. The van der Waals surface area contributed by atoms with Gasteiger partial charge in [0, 0.05) is 31.9 Å². The molecule has 1 atom stereocenters. The number of rotatable bonds is 7. The number of nitrogens with zero attached hydrogens (tertiary/aromatic N) is 1. The zero-order valence-electron chi connectivity index (χ0n) is 14.7. The topological polar surface area (TPSA) is 41.8 Å². The lowest BCUT2D eigenvalue weighted by Crippen LogP contribution is -2.86. The van der Waals surface area contributed by atoms with Crippen LogP contribution < -0.4 is 5.32 Å². The van der Waals surface area contributed by atoms with Crippen molar-refractivity contribution >= 4 is 45.0 Å². The lowest BCUT2D eigenvalue weighted by molar-refractivity contribution is -0.662. The molecule has 0 aliphatic carbocycles. The monoisotopic (exact) mass is 379 g/mol. The molecule has 3 N–H and O–H groups in total. The molecule has 0 aliphatic heterocycles. The van der Waals surface area contributed by atoms with Gasteiger partial charge in [-0.25, -0.2) is 0 Å². The van der Waals surface area contributed by atoms with Gasteiger partial charge in [0.1, 0.15) is 12.6 Å². The SMILES string of the molecule is CC(C)CC[NH2+]C[C@H](O)Cn1c2ccc(Cl)cc2c2cc(Cl)ccc21. The predicted octanol–water partition coefficient (Wildman–Crippen LogP) is 4.07. The molecule has 0 fully saturated rings. The van der Waals surface area contributed by atoms with Gasteiger partial charge in [0.25, 0.3) is 0 Å². The fourth-order valence-corrected chi connectivity index (χ4v) is 3.64. The molecule has 0 radical (unpaired) electrons. The molecule has 3 rings (SSSR count). The van der Waals surface area contributed by atoms with E-state index < -0.39 is 6.10 Å². The molecule has 0 unspecified atom stereocenters. The standard InChI is InChI=1S/C20H24Cl2N2O/c1-13(2)7-8-23-11-16(25)12-24-19-5-3-14(21)9-17(19)18-10-15(22)4-6-20(18)24/h3-6,9-10,13,16,23,25H,7-8,11-12H2,1-2H3/p+1/t16-/m0/s1. The summed E-state index contributed by atoms with van der Waals surface area (Å²) < 4.78 is 2.16. The number of fused-ring (bicyclic) bond motifs is 3. The first-order chi connectivity index (χ1) is 12.0. The van der Waals surface area contributed by atoms with Crippen molar-refractivity contribution in [1.29, 1.82) is 0 Å². The maximum absolute atomic E-state index is 10.5. The van der Waals surface area contributed by atoms with E-state index >= 15 is 0 Å². The fourth-order valence-electron chi connectivity index (χ4n) is 3.29. The molecule has 2 aromatic carbocycles. The van der Waals surface area contributed by atoms with Gasteiger partial charge in [0.2, 0.25) is 0 Å². The van der Waals surface area contributed by atoms with E-state index in [1.54, 1.807) is 0 Å². The molecule has 1 aromatic heterocycles. The summed E-state index contributed by atoms with van der Waals surface area (Å²) in [5.74, 6) is 0.695. The highest BCUT2D eigenvalue weighted by atomic mass is 35.5. The van der Waals surface area contributed by atoms with E-state index in [2.05, 4.69) is 23.7 Å². The molecule has 0 saturated heterocycles. The molecular weight excluding hydrogens is 355 g/mol. The zero-order chi connectivity index (χ0) is 18.0. The number of aromatic nitrogens is 1. The molecule has 5 heteroatoms. The van der Waals surface area contributed by atoms with E-state index in [0.717, 1.165) is 28.4 Å². The quantitative estimate of drug-likeness (QED) is 0.596. The third kappa shape index (κ3) is 4.29. The third-order valence-electron chi connectivity index (χ3n) is 4.57. The smallest absolute Gasteiger partial charge is 0.121 e. The van der Waals surface area contributed by atoms with E-state index in [1.807, 2.05) is 36.4 Å². The third-order valence-corrected chi connectivity index (χ3v) is 5.04. The Morgan fingerprint density at radius 1 is 1.00 bits per heavy atom. The first-order valence-electron chi connectivity index (χ1n) is 8.82. The summed E-state index contributed by atoms with van der Waals surface area (Å²) in [6, 6.07) is 11.7. The van der Waals surface area contributed by atoms with Crippen molar-refractivity contribution in [3.05, 3.63) is 46.4 Å². The fraction of sp³-hybridized carbons (Fsp3) is 0.400. The number of quaternary nitrogens is 1. The van der Waals surface area contributed by atoms with Crippen LogP contribution in [0.15, 0.2) is 36.4 Å². The Hall–Kier alpha value is -1.26. The van der Waals surface area contributed by atoms with Gasteiger partial charge < -0.3 is 15.0 Å². The molecule has 25 heavy (non-hydrogen) atoms. The van der Waals surface area contributed by atoms with Crippen LogP contribution in [0.1, 0.15) is 20.3 Å². The van der Waals surface area contributed by atoms with Crippen LogP contribution in [0.5, 0.6) is 0 Å². The van der Waals surface area contributed by atoms with Crippen LogP contribution in [0.4, 0.5) is 0 Å². The molecular formula is C20H25Cl2N2O+. The van der Waals surface area contributed by atoms with Gasteiger partial charge in [0.05, 0.1) is 13.1 Å². The molecule has 0 spiro atoms. The lowest BCUT2D eigenvalue weighted by Gasteiger charge is -2.13. The van der Waals surface area contributed by atoms with E-state index in [0.29, 0.717) is 29.1 Å². The second kappa shape index (κ2) is 7.96. The number of hydrogen-bond donors (Lipinski definition) is 2. The number of benzene rings is 2. The highest BCUT2D eigenvalue weighted by molar-refractivity contribution is 6.33. The van der Waals surface area contributed by atoms with Crippen LogP contribution in [0.25, 0.3) is 21.8 Å². The van der Waals surface area contributed by atoms with Crippen LogP contribution in [0.3, 0.4) is 0 Å². The normalized spacial score (nSPS) is 13.2. The summed E-state index contributed by atoms with van der Waals surface area (Å²) in [6.07, 6.45) is 0.761. The van der Waals surface area contributed by atoms with Crippen molar-refractivity contribution in [2.24, 2.45) is 5.92 Å². The van der Waals surface area contributed by atoms with Crippen LogP contribution >= 0.6 is 23.2 Å². The Morgan fingerprint density at radius 3 is 2.08 bits per heavy atom. The Morgan fingerprint density at radius 2 is 1.56 bits per heavy atom. The first-order valence-corrected chi connectivity index (χ1v) is 9.58. The van der Waals surface area contributed by atoms with Crippen molar-refractivity contribution in [2.45, 2.75) is 32.9 Å². The molecule has 0 bridgehead atoms. The van der Waals surface area contributed by atoms with E-state index in [-0.39, 0.29) is 0 Å². The Kier molecular flexibility index (Phi) is 5.90. The van der Waals surface area contributed by atoms with Gasteiger partial charge >= 0.3 is 0 Å². The summed E-state index contributed by atoms with van der Waals surface area (Å²) in [5.41, 5.74) is 2.14. The number of nitrogens with two attached hydrogens (primary N) is 1. The summed E-state index contributed by atoms with van der Waals surface area (Å²) in [6.45, 7) is 6.75. The number of halogens is 2. The average Bonchev–Trinajstić information content (AvgIpc) is 2.84. The van der Waals surface area contributed by atoms with Gasteiger partial charge in [-0.05, 0) is 48.7 Å². The highest BCUT2D eigenvalue weighted by Gasteiger charge is 2.15. The maximum atomic E-state index is 10.5. The molecule has 0 aliphatic rings. The minimum absolute atomic E-state index is 0.405. The number of aliphatic hydroxyl groups is 1. The Labute approximate surface area is 158 Å². The number of hydrogen-bond acceptors (Lipinski definition) is 1. The molecule has 134 valence electrons. The Bertz CT molecular complexity index is 814. The van der Waals surface area contributed by atoms with Crippen molar-refractivity contribution in [3.8, 4) is 0 Å². The molecule has 0 saturated carbocycles. The number of aliphatic hydroxyl groups excluding tert-OH is 1. The van der Waals surface area contributed by atoms with Crippen molar-refractivity contribution in [2.75, 3.05) is 13.1 Å². The van der Waals surface area contributed by atoms with Gasteiger partial charge in [-0.2, -0.15) is 0 Å². The highest BCUT2D eigenvalue weighted by Crippen LogP contribution is 2.32. The Balaban J connectivity index is 1.87. The largest absolute Gasteiger partial charge is 0.385 e. The molecule has 3 nitrogen and oxygen atoms in total. The van der Waals surface area contributed by atoms with Crippen molar-refractivity contribution < 1.29 is 10.4 Å². The van der Waals surface area contributed by atoms with Crippen LogP contribution in [0.2, 0.25) is 10.0 Å². The van der Waals surface area contributed by atoms with Crippen molar-refractivity contribution in [3.63, 3.8) is 0 Å².